The minimum atomic E-state index is -0.382. The van der Waals surface area contributed by atoms with E-state index in [-0.39, 0.29) is 10.6 Å². The molecule has 0 atom stereocenters. The van der Waals surface area contributed by atoms with Crippen molar-refractivity contribution in [1.82, 2.24) is 4.57 Å². The van der Waals surface area contributed by atoms with Gasteiger partial charge in [0.2, 0.25) is 0 Å². The zero-order valence-electron chi connectivity index (χ0n) is 15.8. The van der Waals surface area contributed by atoms with Gasteiger partial charge in [0, 0.05) is 29.2 Å². The summed E-state index contributed by atoms with van der Waals surface area (Å²) < 4.78 is 2.24. The van der Waals surface area contributed by atoms with E-state index in [9.17, 15) is 10.1 Å². The summed E-state index contributed by atoms with van der Waals surface area (Å²) in [6.45, 7) is 4.22. The van der Waals surface area contributed by atoms with Crippen LogP contribution in [0.2, 0.25) is 0 Å². The maximum absolute atomic E-state index is 10.8. The van der Waals surface area contributed by atoms with Crippen LogP contribution in [0.25, 0.3) is 27.9 Å². The van der Waals surface area contributed by atoms with E-state index in [4.69, 9.17) is 0 Å². The van der Waals surface area contributed by atoms with Crippen LogP contribution in [-0.2, 0) is 0 Å². The summed E-state index contributed by atoms with van der Waals surface area (Å²) in [6.07, 6.45) is 0. The first-order valence-electron chi connectivity index (χ1n) is 9.13. The molecule has 0 saturated heterocycles. The summed E-state index contributed by atoms with van der Waals surface area (Å²) in [6, 6.07) is 27.7. The Bertz CT molecular complexity index is 1100. The molecule has 1 aromatic heterocycles. The average Bonchev–Trinajstić information content (AvgIpc) is 3.06. The number of non-ortho nitro benzene ring substituents is 1. The van der Waals surface area contributed by atoms with Gasteiger partial charge in [-0.3, -0.25) is 10.1 Å². The number of hydrogen-bond donors (Lipinski definition) is 0. The number of rotatable bonds is 4. The van der Waals surface area contributed by atoms with Crippen molar-refractivity contribution in [2.75, 3.05) is 0 Å². The predicted molar refractivity (Wildman–Crippen MR) is 113 cm³/mol. The van der Waals surface area contributed by atoms with Crippen molar-refractivity contribution in [3.63, 3.8) is 0 Å². The first kappa shape index (κ1) is 17.7. The Hall–Kier alpha value is -3.66. The molecule has 138 valence electrons. The molecule has 0 spiro atoms. The minimum absolute atomic E-state index is 0.105. The maximum atomic E-state index is 10.8. The SMILES string of the molecule is Cc1ccc(C)n1-c1ccc(-c2ccc(-c3ccc([N+](=O)[O-])cc3)cc2)cc1. The van der Waals surface area contributed by atoms with Gasteiger partial charge in [-0.05, 0) is 72.5 Å². The van der Waals surface area contributed by atoms with Crippen LogP contribution in [0.1, 0.15) is 11.4 Å². The lowest BCUT2D eigenvalue weighted by molar-refractivity contribution is -0.384. The van der Waals surface area contributed by atoms with E-state index in [1.807, 2.05) is 12.1 Å². The molecule has 0 aliphatic rings. The van der Waals surface area contributed by atoms with Gasteiger partial charge in [0.15, 0.2) is 0 Å². The Morgan fingerprint density at radius 2 is 0.964 bits per heavy atom. The lowest BCUT2D eigenvalue weighted by atomic mass is 10.00. The van der Waals surface area contributed by atoms with Crippen molar-refractivity contribution in [2.24, 2.45) is 0 Å². The van der Waals surface area contributed by atoms with Crippen molar-refractivity contribution >= 4 is 5.69 Å². The molecule has 3 aromatic carbocycles. The smallest absolute Gasteiger partial charge is 0.269 e. The van der Waals surface area contributed by atoms with Crippen LogP contribution < -0.4 is 0 Å². The summed E-state index contributed by atoms with van der Waals surface area (Å²) in [7, 11) is 0. The van der Waals surface area contributed by atoms with Crippen LogP contribution >= 0.6 is 0 Å². The molecule has 0 aliphatic carbocycles. The van der Waals surface area contributed by atoms with Crippen LogP contribution in [-0.4, -0.2) is 9.49 Å². The lowest BCUT2D eigenvalue weighted by Crippen LogP contribution is -1.98. The van der Waals surface area contributed by atoms with Gasteiger partial charge >= 0.3 is 0 Å². The quantitative estimate of drug-likeness (QED) is 0.312. The Morgan fingerprint density at radius 3 is 1.36 bits per heavy atom. The molecule has 0 fully saturated rings. The summed E-state index contributed by atoms with van der Waals surface area (Å²) in [5.41, 5.74) is 8.00. The van der Waals surface area contributed by atoms with Crippen molar-refractivity contribution in [3.8, 4) is 27.9 Å². The third-order valence-electron chi connectivity index (χ3n) is 5.03. The summed E-state index contributed by atoms with van der Waals surface area (Å²) in [5, 5.41) is 10.8. The molecule has 4 aromatic rings. The highest BCUT2D eigenvalue weighted by molar-refractivity contribution is 5.71. The van der Waals surface area contributed by atoms with E-state index in [1.165, 1.54) is 23.5 Å². The van der Waals surface area contributed by atoms with E-state index in [0.717, 1.165) is 27.9 Å². The Labute approximate surface area is 163 Å². The topological polar surface area (TPSA) is 48.1 Å². The van der Waals surface area contributed by atoms with Crippen molar-refractivity contribution in [3.05, 3.63) is 106 Å². The van der Waals surface area contributed by atoms with Crippen molar-refractivity contribution < 1.29 is 4.92 Å². The second kappa shape index (κ2) is 7.16. The molecule has 4 rings (SSSR count). The van der Waals surface area contributed by atoms with E-state index in [1.54, 1.807) is 12.1 Å². The Morgan fingerprint density at radius 1 is 0.607 bits per heavy atom. The highest BCUT2D eigenvalue weighted by atomic mass is 16.6. The lowest BCUT2D eigenvalue weighted by Gasteiger charge is -2.11. The van der Waals surface area contributed by atoms with Gasteiger partial charge in [-0.2, -0.15) is 0 Å². The summed E-state index contributed by atoms with van der Waals surface area (Å²) in [5.74, 6) is 0. The number of nitrogens with zero attached hydrogens (tertiary/aromatic N) is 2. The molecule has 0 aliphatic heterocycles. The zero-order chi connectivity index (χ0) is 19.7. The molecule has 1 heterocycles. The maximum Gasteiger partial charge on any atom is 0.269 e. The van der Waals surface area contributed by atoms with Gasteiger partial charge in [-0.25, -0.2) is 0 Å². The first-order valence-corrected chi connectivity index (χ1v) is 9.13. The minimum Gasteiger partial charge on any atom is -0.319 e. The third-order valence-corrected chi connectivity index (χ3v) is 5.03. The second-order valence-electron chi connectivity index (χ2n) is 6.88. The number of nitro benzene ring substituents is 1. The number of aromatic nitrogens is 1. The van der Waals surface area contributed by atoms with E-state index in [0.29, 0.717) is 0 Å². The molecular formula is C24H20N2O2. The molecule has 0 unspecified atom stereocenters. The number of nitro groups is 1. The van der Waals surface area contributed by atoms with Crippen LogP contribution in [0, 0.1) is 24.0 Å². The largest absolute Gasteiger partial charge is 0.319 e. The fourth-order valence-corrected chi connectivity index (χ4v) is 3.51. The van der Waals surface area contributed by atoms with E-state index >= 15 is 0 Å². The fourth-order valence-electron chi connectivity index (χ4n) is 3.51. The monoisotopic (exact) mass is 368 g/mol. The standard InChI is InChI=1S/C24H20N2O2/c1-17-3-4-18(2)25(17)23-13-9-21(10-14-23)19-5-7-20(8-6-19)22-11-15-24(16-12-22)26(27)28/h3-16H,1-2H3. The highest BCUT2D eigenvalue weighted by Crippen LogP contribution is 2.27. The normalized spacial score (nSPS) is 10.8. The molecule has 0 radical (unpaired) electrons. The van der Waals surface area contributed by atoms with E-state index in [2.05, 4.69) is 66.9 Å². The molecule has 4 heteroatoms. The van der Waals surface area contributed by atoms with Crippen LogP contribution in [0.3, 0.4) is 0 Å². The summed E-state index contributed by atoms with van der Waals surface area (Å²) >= 11 is 0. The zero-order valence-corrected chi connectivity index (χ0v) is 15.8. The van der Waals surface area contributed by atoms with Crippen LogP contribution in [0.5, 0.6) is 0 Å². The molecule has 0 saturated carbocycles. The number of benzene rings is 3. The summed E-state index contributed by atoms with van der Waals surface area (Å²) in [4.78, 5) is 10.4. The average molecular weight is 368 g/mol. The predicted octanol–water partition coefficient (Wildman–Crippen LogP) is 6.34. The second-order valence-corrected chi connectivity index (χ2v) is 6.88. The fraction of sp³-hybridized carbons (Fsp3) is 0.0833. The molecule has 4 nitrogen and oxygen atoms in total. The molecule has 0 bridgehead atoms. The first-order chi connectivity index (χ1) is 13.5. The van der Waals surface area contributed by atoms with Gasteiger partial charge in [0.05, 0.1) is 4.92 Å². The van der Waals surface area contributed by atoms with Gasteiger partial charge in [0.1, 0.15) is 0 Å². The van der Waals surface area contributed by atoms with Gasteiger partial charge in [-0.1, -0.05) is 36.4 Å². The van der Waals surface area contributed by atoms with Gasteiger partial charge in [0.25, 0.3) is 5.69 Å². The highest BCUT2D eigenvalue weighted by Gasteiger charge is 2.07. The molecule has 28 heavy (non-hydrogen) atoms. The Balaban J connectivity index is 1.58. The number of hydrogen-bond acceptors (Lipinski definition) is 2. The number of aryl methyl sites for hydroxylation is 2. The van der Waals surface area contributed by atoms with Crippen molar-refractivity contribution in [2.45, 2.75) is 13.8 Å². The van der Waals surface area contributed by atoms with E-state index < -0.39 is 0 Å². The van der Waals surface area contributed by atoms with Gasteiger partial charge in [-0.15, -0.1) is 0 Å². The van der Waals surface area contributed by atoms with Crippen molar-refractivity contribution in [1.29, 1.82) is 0 Å². The third kappa shape index (κ3) is 3.32. The van der Waals surface area contributed by atoms with Crippen LogP contribution in [0.15, 0.2) is 84.9 Å². The molecular weight excluding hydrogens is 348 g/mol. The van der Waals surface area contributed by atoms with Crippen LogP contribution in [0.4, 0.5) is 5.69 Å². The Kier molecular flexibility index (Phi) is 4.53. The van der Waals surface area contributed by atoms with Gasteiger partial charge < -0.3 is 4.57 Å². The molecule has 0 amide bonds. The molecule has 0 N–H and O–H groups in total.